The Hall–Kier alpha value is -1.75. The van der Waals surface area contributed by atoms with Gasteiger partial charge >= 0.3 is 6.09 Å². The van der Waals surface area contributed by atoms with Crippen LogP contribution in [-0.4, -0.2) is 44.3 Å². The number of rotatable bonds is 2. The van der Waals surface area contributed by atoms with Crippen molar-refractivity contribution in [2.75, 3.05) is 32.1 Å². The first-order chi connectivity index (χ1) is 9.61. The number of amides is 1. The van der Waals surface area contributed by atoms with Crippen molar-refractivity contribution in [2.24, 2.45) is 0 Å². The molecule has 5 nitrogen and oxygen atoms in total. The number of nitrogens with zero attached hydrogens (tertiary/aromatic N) is 2. The summed E-state index contributed by atoms with van der Waals surface area (Å²) in [5.74, 6) is 1.14. The Kier molecular flexibility index (Phi) is 3.30. The van der Waals surface area contributed by atoms with Crippen LogP contribution < -0.4 is 15.0 Å². The maximum atomic E-state index is 11.5. The lowest BCUT2D eigenvalue weighted by Crippen LogP contribution is -2.39. The van der Waals surface area contributed by atoms with Gasteiger partial charge in [-0.25, -0.2) is 4.79 Å². The number of anilines is 1. The van der Waals surface area contributed by atoms with Gasteiger partial charge in [0.05, 0.1) is 6.17 Å². The predicted molar refractivity (Wildman–Crippen MR) is 78.3 cm³/mol. The minimum absolute atomic E-state index is 0.390. The smallest absolute Gasteiger partial charge is 0.410 e. The van der Waals surface area contributed by atoms with Crippen LogP contribution in [0.5, 0.6) is 5.75 Å². The highest BCUT2D eigenvalue weighted by Gasteiger charge is 2.43. The van der Waals surface area contributed by atoms with E-state index in [4.69, 9.17) is 4.74 Å². The van der Waals surface area contributed by atoms with Crippen LogP contribution in [0, 0.1) is 0 Å². The number of hydrogen-bond donors (Lipinski definition) is 1. The molecule has 1 aromatic rings. The molecule has 0 aliphatic carbocycles. The highest BCUT2D eigenvalue weighted by atomic mass is 16.6. The zero-order valence-electron chi connectivity index (χ0n) is 12.2. The molecule has 2 atom stereocenters. The second kappa shape index (κ2) is 4.98. The lowest BCUT2D eigenvalue weighted by Gasteiger charge is -2.28. The van der Waals surface area contributed by atoms with Crippen LogP contribution in [-0.2, 0) is 0 Å². The molecule has 0 saturated carbocycles. The molecule has 1 saturated heterocycles. The van der Waals surface area contributed by atoms with Gasteiger partial charge < -0.3 is 15.0 Å². The molecule has 0 aromatic heterocycles. The molecule has 2 heterocycles. The first kappa shape index (κ1) is 13.2. The van der Waals surface area contributed by atoms with Gasteiger partial charge in [0.15, 0.2) is 0 Å². The van der Waals surface area contributed by atoms with E-state index in [1.807, 2.05) is 19.1 Å². The van der Waals surface area contributed by atoms with Crippen molar-refractivity contribution in [2.45, 2.75) is 25.4 Å². The molecule has 2 unspecified atom stereocenters. The molecule has 20 heavy (non-hydrogen) atoms. The quantitative estimate of drug-likeness (QED) is 0.896. The Labute approximate surface area is 119 Å². The number of ether oxygens (including phenoxy) is 1. The van der Waals surface area contributed by atoms with Crippen molar-refractivity contribution in [3.63, 3.8) is 0 Å². The maximum Gasteiger partial charge on any atom is 0.412 e. The Balaban J connectivity index is 1.85. The average molecular weight is 275 g/mol. The number of fused-ring (bicyclic) bond motifs is 3. The van der Waals surface area contributed by atoms with Gasteiger partial charge in [-0.3, -0.25) is 4.90 Å². The van der Waals surface area contributed by atoms with Gasteiger partial charge in [0.1, 0.15) is 5.75 Å². The summed E-state index contributed by atoms with van der Waals surface area (Å²) in [7, 11) is 4.30. The fourth-order valence-corrected chi connectivity index (χ4v) is 3.46. The van der Waals surface area contributed by atoms with Crippen molar-refractivity contribution in [1.82, 2.24) is 10.2 Å². The fourth-order valence-electron chi connectivity index (χ4n) is 3.46. The number of hydrogen-bond acceptors (Lipinski definition) is 4. The van der Waals surface area contributed by atoms with Gasteiger partial charge in [0, 0.05) is 31.7 Å². The van der Waals surface area contributed by atoms with Gasteiger partial charge in [-0.05, 0) is 44.2 Å². The Bertz CT molecular complexity index is 532. The molecule has 2 aliphatic rings. The van der Waals surface area contributed by atoms with Gasteiger partial charge in [0.25, 0.3) is 0 Å². The number of likely N-dealkylation sites (tertiary alicyclic amines) is 1. The van der Waals surface area contributed by atoms with Gasteiger partial charge in [-0.15, -0.1) is 0 Å². The molecule has 1 fully saturated rings. The Morgan fingerprint density at radius 2 is 2.25 bits per heavy atom. The first-order valence-corrected chi connectivity index (χ1v) is 7.14. The molecule has 0 bridgehead atoms. The third-order valence-corrected chi connectivity index (χ3v) is 4.31. The number of nitrogens with one attached hydrogen (secondary N) is 1. The summed E-state index contributed by atoms with van der Waals surface area (Å²) in [6.45, 7) is 3.56. The van der Waals surface area contributed by atoms with Crippen LogP contribution in [0.2, 0.25) is 0 Å². The third-order valence-electron chi connectivity index (χ3n) is 4.31. The largest absolute Gasteiger partial charge is 0.412 e. The highest BCUT2D eigenvalue weighted by molar-refractivity contribution is 5.71. The fraction of sp³-hybridized carbons (Fsp3) is 0.533. The zero-order valence-corrected chi connectivity index (χ0v) is 12.2. The maximum absolute atomic E-state index is 11.5. The van der Waals surface area contributed by atoms with Crippen LogP contribution in [0.25, 0.3) is 0 Å². The minimum Gasteiger partial charge on any atom is -0.410 e. The van der Waals surface area contributed by atoms with E-state index in [0.717, 1.165) is 13.0 Å². The molecule has 1 N–H and O–H groups in total. The predicted octanol–water partition coefficient (Wildman–Crippen LogP) is 1.99. The number of carbonyl (C=O) groups is 1. The summed E-state index contributed by atoms with van der Waals surface area (Å²) in [5, 5.41) is 2.64. The second-order valence-electron chi connectivity index (χ2n) is 5.54. The van der Waals surface area contributed by atoms with Crippen molar-refractivity contribution < 1.29 is 9.53 Å². The molecular formula is C15H21N3O2. The normalized spacial score (nSPS) is 24.4. The van der Waals surface area contributed by atoms with Crippen LogP contribution in [0.4, 0.5) is 10.5 Å². The first-order valence-electron chi connectivity index (χ1n) is 7.14. The number of carbonyl (C=O) groups excluding carboxylic acids is 1. The lowest BCUT2D eigenvalue weighted by atomic mass is 9.98. The van der Waals surface area contributed by atoms with Crippen LogP contribution in [0.15, 0.2) is 18.2 Å². The molecule has 0 radical (unpaired) electrons. The monoisotopic (exact) mass is 275 g/mol. The van der Waals surface area contributed by atoms with E-state index in [1.54, 1.807) is 0 Å². The molecule has 1 aromatic carbocycles. The Morgan fingerprint density at radius 1 is 1.45 bits per heavy atom. The SMILES string of the molecule is CCNC(=O)Oc1ccc2c(c1)C1CCN(C)C1N2C. The highest BCUT2D eigenvalue weighted by Crippen LogP contribution is 2.47. The minimum atomic E-state index is -0.390. The average Bonchev–Trinajstić information content (AvgIpc) is 2.91. The Morgan fingerprint density at radius 3 is 3.00 bits per heavy atom. The van der Waals surface area contributed by atoms with Crippen molar-refractivity contribution >= 4 is 11.8 Å². The van der Waals surface area contributed by atoms with Crippen molar-refractivity contribution in [1.29, 1.82) is 0 Å². The molecule has 1 amide bonds. The van der Waals surface area contributed by atoms with E-state index in [1.165, 1.54) is 11.3 Å². The van der Waals surface area contributed by atoms with Crippen LogP contribution in [0.3, 0.4) is 0 Å². The van der Waals surface area contributed by atoms with E-state index in [9.17, 15) is 4.79 Å². The van der Waals surface area contributed by atoms with E-state index < -0.39 is 0 Å². The second-order valence-corrected chi connectivity index (χ2v) is 5.54. The molecule has 2 aliphatic heterocycles. The van der Waals surface area contributed by atoms with E-state index in [-0.39, 0.29) is 6.09 Å². The van der Waals surface area contributed by atoms with Crippen molar-refractivity contribution in [3.8, 4) is 5.75 Å². The summed E-state index contributed by atoms with van der Waals surface area (Å²) < 4.78 is 5.31. The van der Waals surface area contributed by atoms with Gasteiger partial charge in [-0.1, -0.05) is 0 Å². The zero-order chi connectivity index (χ0) is 14.3. The summed E-state index contributed by atoms with van der Waals surface area (Å²) in [6.07, 6.45) is 1.20. The van der Waals surface area contributed by atoms with Crippen LogP contribution >= 0.6 is 0 Å². The molecule has 0 spiro atoms. The van der Waals surface area contributed by atoms with E-state index in [2.05, 4.69) is 35.3 Å². The number of benzene rings is 1. The molecule has 108 valence electrons. The van der Waals surface area contributed by atoms with Gasteiger partial charge in [0.2, 0.25) is 0 Å². The summed E-state index contributed by atoms with van der Waals surface area (Å²) >= 11 is 0. The van der Waals surface area contributed by atoms with Gasteiger partial charge in [-0.2, -0.15) is 0 Å². The van der Waals surface area contributed by atoms with Crippen molar-refractivity contribution in [3.05, 3.63) is 23.8 Å². The van der Waals surface area contributed by atoms with Crippen LogP contribution in [0.1, 0.15) is 24.8 Å². The third kappa shape index (κ3) is 2.02. The van der Waals surface area contributed by atoms with E-state index in [0.29, 0.717) is 24.4 Å². The summed E-state index contributed by atoms with van der Waals surface area (Å²) in [6, 6.07) is 5.94. The standard InChI is InChI=1S/C15H21N3O2/c1-4-16-15(19)20-10-5-6-13-12(9-10)11-7-8-17(2)14(11)18(13)3/h5-6,9,11,14H,4,7-8H2,1-3H3,(H,16,19). The summed E-state index contributed by atoms with van der Waals surface area (Å²) in [4.78, 5) is 16.2. The topological polar surface area (TPSA) is 44.8 Å². The molecule has 3 rings (SSSR count). The molecular weight excluding hydrogens is 254 g/mol. The molecule has 5 heteroatoms. The number of likely N-dealkylation sites (N-methyl/N-ethyl adjacent to an activating group) is 2. The van der Waals surface area contributed by atoms with E-state index >= 15 is 0 Å². The summed E-state index contributed by atoms with van der Waals surface area (Å²) in [5.41, 5.74) is 2.54. The lowest BCUT2D eigenvalue weighted by molar-refractivity contribution is 0.201.